The number of nitrogens with one attached hydrogen (secondary N) is 1. The van der Waals surface area contributed by atoms with Gasteiger partial charge in [0.25, 0.3) is 0 Å². The summed E-state index contributed by atoms with van der Waals surface area (Å²) in [6.45, 7) is 2.70. The van der Waals surface area contributed by atoms with Crippen LogP contribution in [0.25, 0.3) is 0 Å². The zero-order valence-corrected chi connectivity index (χ0v) is 8.88. The topological polar surface area (TPSA) is 35.8 Å². The number of halogens is 1. The van der Waals surface area contributed by atoms with E-state index in [0.717, 1.165) is 17.1 Å². The summed E-state index contributed by atoms with van der Waals surface area (Å²) in [5.74, 6) is 0.0747. The molecule has 0 aliphatic carbocycles. The van der Waals surface area contributed by atoms with E-state index < -0.39 is 0 Å². The fourth-order valence-corrected chi connectivity index (χ4v) is 1.22. The van der Waals surface area contributed by atoms with Crippen molar-refractivity contribution >= 4 is 17.3 Å². The van der Waals surface area contributed by atoms with Crippen LogP contribution in [0.5, 0.6) is 0 Å². The van der Waals surface area contributed by atoms with Gasteiger partial charge in [0, 0.05) is 17.3 Å². The predicted molar refractivity (Wildman–Crippen MR) is 59.3 cm³/mol. The molecule has 0 bridgehead atoms. The Balaban J connectivity index is 2.46. The van der Waals surface area contributed by atoms with Crippen molar-refractivity contribution in [2.75, 3.05) is 11.9 Å². The van der Waals surface area contributed by atoms with E-state index in [9.17, 15) is 0 Å². The molecule has 74 valence electrons. The first-order valence-electron chi connectivity index (χ1n) is 4.65. The van der Waals surface area contributed by atoms with E-state index in [1.54, 1.807) is 0 Å². The highest BCUT2D eigenvalue weighted by molar-refractivity contribution is 6.30. The minimum absolute atomic E-state index is 0.0747. The second kappa shape index (κ2) is 5.51. The van der Waals surface area contributed by atoms with Crippen molar-refractivity contribution in [3.8, 4) is 6.07 Å². The van der Waals surface area contributed by atoms with E-state index >= 15 is 0 Å². The molecule has 0 aromatic heterocycles. The first-order valence-corrected chi connectivity index (χ1v) is 5.03. The molecule has 1 rings (SSSR count). The van der Waals surface area contributed by atoms with E-state index in [0.29, 0.717) is 6.54 Å². The van der Waals surface area contributed by atoms with Crippen LogP contribution in [0.3, 0.4) is 0 Å². The molecule has 14 heavy (non-hydrogen) atoms. The maximum atomic E-state index is 8.74. The molecule has 0 radical (unpaired) electrons. The van der Waals surface area contributed by atoms with Crippen molar-refractivity contribution in [3.05, 3.63) is 29.3 Å². The SMILES string of the molecule is CCC(C#N)CNc1ccc(Cl)cc1. The number of hydrogen-bond donors (Lipinski definition) is 1. The molecule has 1 N–H and O–H groups in total. The average molecular weight is 209 g/mol. The highest BCUT2D eigenvalue weighted by atomic mass is 35.5. The van der Waals surface area contributed by atoms with Gasteiger partial charge in [-0.1, -0.05) is 18.5 Å². The van der Waals surface area contributed by atoms with Crippen LogP contribution in [0.2, 0.25) is 5.02 Å². The van der Waals surface area contributed by atoms with Gasteiger partial charge >= 0.3 is 0 Å². The fourth-order valence-electron chi connectivity index (χ4n) is 1.09. The molecule has 0 aliphatic heterocycles. The zero-order chi connectivity index (χ0) is 10.4. The number of hydrogen-bond acceptors (Lipinski definition) is 2. The summed E-state index contributed by atoms with van der Waals surface area (Å²) < 4.78 is 0. The highest BCUT2D eigenvalue weighted by Crippen LogP contribution is 2.14. The Bertz CT molecular complexity index is 313. The summed E-state index contributed by atoms with van der Waals surface area (Å²) in [4.78, 5) is 0. The van der Waals surface area contributed by atoms with Gasteiger partial charge in [-0.15, -0.1) is 0 Å². The highest BCUT2D eigenvalue weighted by Gasteiger charge is 2.02. The van der Waals surface area contributed by atoms with Crippen molar-refractivity contribution in [2.45, 2.75) is 13.3 Å². The van der Waals surface area contributed by atoms with Gasteiger partial charge in [0.15, 0.2) is 0 Å². The first kappa shape index (κ1) is 10.9. The van der Waals surface area contributed by atoms with Gasteiger partial charge in [0.1, 0.15) is 0 Å². The molecule has 0 aliphatic rings. The third-order valence-corrected chi connectivity index (χ3v) is 2.32. The number of nitriles is 1. The third kappa shape index (κ3) is 3.27. The van der Waals surface area contributed by atoms with E-state index in [-0.39, 0.29) is 5.92 Å². The second-order valence-electron chi connectivity index (χ2n) is 3.12. The van der Waals surface area contributed by atoms with Crippen LogP contribution in [-0.2, 0) is 0 Å². The van der Waals surface area contributed by atoms with E-state index in [2.05, 4.69) is 11.4 Å². The molecular weight excluding hydrogens is 196 g/mol. The van der Waals surface area contributed by atoms with Crippen molar-refractivity contribution in [1.29, 1.82) is 5.26 Å². The Kier molecular flexibility index (Phi) is 4.28. The van der Waals surface area contributed by atoms with Gasteiger partial charge in [0.05, 0.1) is 12.0 Å². The molecule has 1 aromatic carbocycles. The Morgan fingerprint density at radius 2 is 2.07 bits per heavy atom. The van der Waals surface area contributed by atoms with Crippen LogP contribution in [0.4, 0.5) is 5.69 Å². The largest absolute Gasteiger partial charge is 0.384 e. The van der Waals surface area contributed by atoms with E-state index in [1.165, 1.54) is 0 Å². The van der Waals surface area contributed by atoms with Gasteiger partial charge in [-0.05, 0) is 30.7 Å². The van der Waals surface area contributed by atoms with Crippen molar-refractivity contribution < 1.29 is 0 Å². The maximum Gasteiger partial charge on any atom is 0.0674 e. The van der Waals surface area contributed by atoms with Crippen LogP contribution in [-0.4, -0.2) is 6.54 Å². The van der Waals surface area contributed by atoms with Crippen LogP contribution in [0.15, 0.2) is 24.3 Å². The lowest BCUT2D eigenvalue weighted by Crippen LogP contribution is -2.11. The monoisotopic (exact) mass is 208 g/mol. The molecule has 2 nitrogen and oxygen atoms in total. The summed E-state index contributed by atoms with van der Waals surface area (Å²) >= 11 is 5.75. The van der Waals surface area contributed by atoms with Gasteiger partial charge in [-0.2, -0.15) is 5.26 Å². The molecule has 0 heterocycles. The minimum Gasteiger partial charge on any atom is -0.384 e. The average Bonchev–Trinajstić information content (AvgIpc) is 2.22. The summed E-state index contributed by atoms with van der Waals surface area (Å²) in [6.07, 6.45) is 0.872. The summed E-state index contributed by atoms with van der Waals surface area (Å²) in [7, 11) is 0. The number of rotatable bonds is 4. The molecular formula is C11H13ClN2. The van der Waals surface area contributed by atoms with E-state index in [1.807, 2.05) is 31.2 Å². The maximum absolute atomic E-state index is 8.74. The standard InChI is InChI=1S/C11H13ClN2/c1-2-9(7-13)8-14-11-5-3-10(12)4-6-11/h3-6,9,14H,2,8H2,1H3. The van der Waals surface area contributed by atoms with Gasteiger partial charge in [-0.25, -0.2) is 0 Å². The van der Waals surface area contributed by atoms with Gasteiger partial charge in [-0.3, -0.25) is 0 Å². The Morgan fingerprint density at radius 3 is 2.57 bits per heavy atom. The van der Waals surface area contributed by atoms with E-state index in [4.69, 9.17) is 16.9 Å². The second-order valence-corrected chi connectivity index (χ2v) is 3.56. The molecule has 1 unspecified atom stereocenters. The summed E-state index contributed by atoms with van der Waals surface area (Å²) in [5.41, 5.74) is 1.00. The normalized spacial score (nSPS) is 11.8. The molecule has 0 amide bonds. The molecule has 1 aromatic rings. The van der Waals surface area contributed by atoms with Crippen molar-refractivity contribution in [3.63, 3.8) is 0 Å². The lowest BCUT2D eigenvalue weighted by atomic mass is 10.1. The van der Waals surface area contributed by atoms with Crippen LogP contribution in [0.1, 0.15) is 13.3 Å². The van der Waals surface area contributed by atoms with Crippen LogP contribution < -0.4 is 5.32 Å². The quantitative estimate of drug-likeness (QED) is 0.824. The zero-order valence-electron chi connectivity index (χ0n) is 8.13. The van der Waals surface area contributed by atoms with Crippen molar-refractivity contribution in [2.24, 2.45) is 5.92 Å². The molecule has 0 saturated heterocycles. The fraction of sp³-hybridized carbons (Fsp3) is 0.364. The smallest absolute Gasteiger partial charge is 0.0674 e. The van der Waals surface area contributed by atoms with Gasteiger partial charge in [0.2, 0.25) is 0 Å². The number of nitrogens with zero attached hydrogens (tertiary/aromatic N) is 1. The number of benzene rings is 1. The molecule has 3 heteroatoms. The lowest BCUT2D eigenvalue weighted by molar-refractivity contribution is 0.674. The Morgan fingerprint density at radius 1 is 1.43 bits per heavy atom. The molecule has 0 saturated carbocycles. The molecule has 0 spiro atoms. The predicted octanol–water partition coefficient (Wildman–Crippen LogP) is 3.30. The Labute approximate surface area is 89.5 Å². The summed E-state index contributed by atoms with van der Waals surface area (Å²) in [6, 6.07) is 9.72. The van der Waals surface area contributed by atoms with Crippen LogP contribution in [0, 0.1) is 17.2 Å². The molecule has 1 atom stereocenters. The Hall–Kier alpha value is -1.20. The number of anilines is 1. The third-order valence-electron chi connectivity index (χ3n) is 2.07. The van der Waals surface area contributed by atoms with Crippen molar-refractivity contribution in [1.82, 2.24) is 0 Å². The van der Waals surface area contributed by atoms with Crippen LogP contribution >= 0.6 is 11.6 Å². The summed E-state index contributed by atoms with van der Waals surface area (Å²) in [5, 5.41) is 12.7. The van der Waals surface area contributed by atoms with Gasteiger partial charge < -0.3 is 5.32 Å². The minimum atomic E-state index is 0.0747. The lowest BCUT2D eigenvalue weighted by Gasteiger charge is -2.09. The molecule has 0 fully saturated rings. The first-order chi connectivity index (χ1) is 6.76.